The summed E-state index contributed by atoms with van der Waals surface area (Å²) in [6, 6.07) is 6.71. The molecule has 0 aliphatic heterocycles. The number of hydrogen-bond acceptors (Lipinski definition) is 2. The summed E-state index contributed by atoms with van der Waals surface area (Å²) in [4.78, 5) is 22.6. The van der Waals surface area contributed by atoms with Gasteiger partial charge in [0.2, 0.25) is 5.91 Å². The number of carboxylic acids is 1. The van der Waals surface area contributed by atoms with Gasteiger partial charge < -0.3 is 10.4 Å². The van der Waals surface area contributed by atoms with E-state index in [1.165, 1.54) is 0 Å². The topological polar surface area (TPSA) is 66.4 Å². The van der Waals surface area contributed by atoms with E-state index in [9.17, 15) is 9.59 Å². The van der Waals surface area contributed by atoms with Crippen LogP contribution in [0.25, 0.3) is 0 Å². The highest BCUT2D eigenvalue weighted by atomic mass is 35.5. The summed E-state index contributed by atoms with van der Waals surface area (Å²) in [5, 5.41) is 12.1. The summed E-state index contributed by atoms with van der Waals surface area (Å²) in [5.41, 5.74) is 1.11. The van der Waals surface area contributed by atoms with Crippen LogP contribution in [0.4, 0.5) is 0 Å². The minimum atomic E-state index is -0.994. The first-order chi connectivity index (χ1) is 9.42. The SMILES string of the molecule is CCC(NC(=O)CC(C)Cc1ccc(Cl)cc1)C(=O)O. The second-order valence-corrected chi connectivity index (χ2v) is 5.44. The molecule has 1 rings (SSSR count). The third-order valence-corrected chi connectivity index (χ3v) is 3.32. The van der Waals surface area contributed by atoms with Gasteiger partial charge in [-0.2, -0.15) is 0 Å². The van der Waals surface area contributed by atoms with Gasteiger partial charge >= 0.3 is 5.97 Å². The zero-order valence-corrected chi connectivity index (χ0v) is 12.5. The fourth-order valence-electron chi connectivity index (χ4n) is 2.00. The fourth-order valence-corrected chi connectivity index (χ4v) is 2.13. The standard InChI is InChI=1S/C15H20ClNO3/c1-3-13(15(19)20)17-14(18)9-10(2)8-11-4-6-12(16)7-5-11/h4-7,10,13H,3,8-9H2,1-2H3,(H,17,18)(H,19,20). The largest absolute Gasteiger partial charge is 0.480 e. The minimum absolute atomic E-state index is 0.141. The molecule has 0 bridgehead atoms. The molecule has 0 aromatic heterocycles. The van der Waals surface area contributed by atoms with Gasteiger partial charge in [0.05, 0.1) is 0 Å². The lowest BCUT2D eigenvalue weighted by Gasteiger charge is -2.15. The van der Waals surface area contributed by atoms with Crippen molar-refractivity contribution in [3.8, 4) is 0 Å². The van der Waals surface area contributed by atoms with Gasteiger partial charge in [-0.05, 0) is 36.5 Å². The van der Waals surface area contributed by atoms with Crippen molar-refractivity contribution >= 4 is 23.5 Å². The van der Waals surface area contributed by atoms with E-state index in [-0.39, 0.29) is 11.8 Å². The summed E-state index contributed by atoms with van der Waals surface area (Å²) in [5.74, 6) is -1.07. The number of benzene rings is 1. The van der Waals surface area contributed by atoms with Gasteiger partial charge in [0.1, 0.15) is 6.04 Å². The van der Waals surface area contributed by atoms with Crippen LogP contribution in [0.15, 0.2) is 24.3 Å². The Kier molecular flexibility index (Phi) is 6.52. The van der Waals surface area contributed by atoms with Gasteiger partial charge in [-0.25, -0.2) is 4.79 Å². The Labute approximate surface area is 124 Å². The zero-order chi connectivity index (χ0) is 15.1. The third-order valence-electron chi connectivity index (χ3n) is 3.07. The van der Waals surface area contributed by atoms with Crippen molar-refractivity contribution in [2.75, 3.05) is 0 Å². The summed E-state index contributed by atoms with van der Waals surface area (Å²) in [7, 11) is 0. The molecule has 110 valence electrons. The summed E-state index contributed by atoms with van der Waals surface area (Å²) in [6.07, 6.45) is 1.45. The molecule has 0 aliphatic rings. The van der Waals surface area contributed by atoms with Gasteiger partial charge in [0, 0.05) is 11.4 Å². The van der Waals surface area contributed by atoms with Crippen molar-refractivity contribution in [3.05, 3.63) is 34.9 Å². The Morgan fingerprint density at radius 3 is 2.40 bits per heavy atom. The highest BCUT2D eigenvalue weighted by molar-refractivity contribution is 6.30. The molecule has 2 N–H and O–H groups in total. The van der Waals surface area contributed by atoms with Crippen LogP contribution in [-0.4, -0.2) is 23.0 Å². The molecule has 5 heteroatoms. The second kappa shape index (κ2) is 7.90. The van der Waals surface area contributed by atoms with Crippen LogP contribution in [0, 0.1) is 5.92 Å². The molecule has 0 radical (unpaired) electrons. The van der Waals surface area contributed by atoms with Gasteiger partial charge in [-0.15, -0.1) is 0 Å². The van der Waals surface area contributed by atoms with Crippen molar-refractivity contribution in [2.45, 2.75) is 39.2 Å². The number of rotatable bonds is 7. The van der Waals surface area contributed by atoms with E-state index in [4.69, 9.17) is 16.7 Å². The van der Waals surface area contributed by atoms with E-state index in [1.807, 2.05) is 31.2 Å². The van der Waals surface area contributed by atoms with Crippen molar-refractivity contribution in [1.82, 2.24) is 5.32 Å². The van der Waals surface area contributed by atoms with Crippen molar-refractivity contribution in [2.24, 2.45) is 5.92 Å². The van der Waals surface area contributed by atoms with Gasteiger partial charge in [-0.3, -0.25) is 4.79 Å². The summed E-state index contributed by atoms with van der Waals surface area (Å²) in [6.45, 7) is 3.70. The van der Waals surface area contributed by atoms with E-state index in [1.54, 1.807) is 6.92 Å². The Morgan fingerprint density at radius 1 is 1.30 bits per heavy atom. The second-order valence-electron chi connectivity index (χ2n) is 5.01. The maximum Gasteiger partial charge on any atom is 0.326 e. The molecule has 0 heterocycles. The molecular weight excluding hydrogens is 278 g/mol. The molecule has 2 unspecified atom stereocenters. The van der Waals surface area contributed by atoms with Gasteiger partial charge in [-0.1, -0.05) is 37.6 Å². The smallest absolute Gasteiger partial charge is 0.326 e. The maximum atomic E-state index is 11.8. The zero-order valence-electron chi connectivity index (χ0n) is 11.7. The first kappa shape index (κ1) is 16.5. The average molecular weight is 298 g/mol. The predicted octanol–water partition coefficient (Wildman–Crippen LogP) is 2.89. The molecule has 20 heavy (non-hydrogen) atoms. The number of carbonyl (C=O) groups is 2. The number of hydrogen-bond donors (Lipinski definition) is 2. The lowest BCUT2D eigenvalue weighted by Crippen LogP contribution is -2.40. The molecule has 0 aliphatic carbocycles. The molecule has 4 nitrogen and oxygen atoms in total. The third kappa shape index (κ3) is 5.61. The van der Waals surface area contributed by atoms with Crippen LogP contribution in [-0.2, 0) is 16.0 Å². The Bertz CT molecular complexity index is 459. The number of amides is 1. The Hall–Kier alpha value is -1.55. The fraction of sp³-hybridized carbons (Fsp3) is 0.467. The van der Waals surface area contributed by atoms with E-state index >= 15 is 0 Å². The van der Waals surface area contributed by atoms with Crippen LogP contribution in [0.5, 0.6) is 0 Å². The minimum Gasteiger partial charge on any atom is -0.480 e. The van der Waals surface area contributed by atoms with Crippen LogP contribution >= 0.6 is 11.6 Å². The number of nitrogens with one attached hydrogen (secondary N) is 1. The number of carbonyl (C=O) groups excluding carboxylic acids is 1. The maximum absolute atomic E-state index is 11.8. The molecule has 1 aromatic carbocycles. The van der Waals surface area contributed by atoms with Crippen molar-refractivity contribution < 1.29 is 14.7 Å². The lowest BCUT2D eigenvalue weighted by atomic mass is 9.97. The average Bonchev–Trinajstić information content (AvgIpc) is 2.38. The number of carboxylic acid groups (broad SMARTS) is 1. The molecule has 0 saturated heterocycles. The lowest BCUT2D eigenvalue weighted by molar-refractivity contribution is -0.142. The van der Waals surface area contributed by atoms with Gasteiger partial charge in [0.15, 0.2) is 0 Å². The van der Waals surface area contributed by atoms with Crippen LogP contribution in [0.2, 0.25) is 5.02 Å². The quantitative estimate of drug-likeness (QED) is 0.813. The highest BCUT2D eigenvalue weighted by Gasteiger charge is 2.18. The molecule has 0 fully saturated rings. The van der Waals surface area contributed by atoms with Gasteiger partial charge in [0.25, 0.3) is 0 Å². The monoisotopic (exact) mass is 297 g/mol. The molecule has 1 amide bonds. The Balaban J connectivity index is 2.45. The van der Waals surface area contributed by atoms with Crippen LogP contribution in [0.1, 0.15) is 32.3 Å². The van der Waals surface area contributed by atoms with E-state index in [2.05, 4.69) is 5.32 Å². The first-order valence-corrected chi connectivity index (χ1v) is 7.06. The van der Waals surface area contributed by atoms with Crippen LogP contribution < -0.4 is 5.32 Å². The predicted molar refractivity (Wildman–Crippen MR) is 78.8 cm³/mol. The molecular formula is C15H20ClNO3. The summed E-state index contributed by atoms with van der Waals surface area (Å²) < 4.78 is 0. The highest BCUT2D eigenvalue weighted by Crippen LogP contribution is 2.15. The van der Waals surface area contributed by atoms with Crippen molar-refractivity contribution in [3.63, 3.8) is 0 Å². The molecule has 0 saturated carbocycles. The molecule has 0 spiro atoms. The molecule has 1 aromatic rings. The van der Waals surface area contributed by atoms with E-state index < -0.39 is 12.0 Å². The first-order valence-electron chi connectivity index (χ1n) is 6.69. The number of halogens is 1. The normalized spacial score (nSPS) is 13.6. The van der Waals surface area contributed by atoms with E-state index in [0.29, 0.717) is 17.9 Å². The number of aliphatic carboxylic acids is 1. The van der Waals surface area contributed by atoms with Crippen molar-refractivity contribution in [1.29, 1.82) is 0 Å². The molecule has 2 atom stereocenters. The van der Waals surface area contributed by atoms with E-state index in [0.717, 1.165) is 12.0 Å². The Morgan fingerprint density at radius 2 is 1.90 bits per heavy atom. The van der Waals surface area contributed by atoms with Crippen LogP contribution in [0.3, 0.4) is 0 Å². The summed E-state index contributed by atoms with van der Waals surface area (Å²) >= 11 is 5.82.